The van der Waals surface area contributed by atoms with E-state index in [0.717, 1.165) is 17.7 Å². The van der Waals surface area contributed by atoms with Crippen LogP contribution in [0.1, 0.15) is 66.0 Å². The normalized spacial score (nSPS) is 15.0. The molecular weight excluding hydrogens is 484 g/mol. The summed E-state index contributed by atoms with van der Waals surface area (Å²) in [5.41, 5.74) is 2.90. The van der Waals surface area contributed by atoms with Gasteiger partial charge in [-0.3, -0.25) is 9.59 Å². The molecule has 4 rings (SSSR count). The Morgan fingerprint density at radius 1 is 1.05 bits per heavy atom. The van der Waals surface area contributed by atoms with Crippen molar-refractivity contribution in [3.05, 3.63) is 81.5 Å². The van der Waals surface area contributed by atoms with E-state index in [0.29, 0.717) is 30.4 Å². The summed E-state index contributed by atoms with van der Waals surface area (Å²) in [6.45, 7) is 9.17. The summed E-state index contributed by atoms with van der Waals surface area (Å²) in [6.07, 6.45) is 0.809. The summed E-state index contributed by atoms with van der Waals surface area (Å²) in [5, 5.41) is 2.08. The zero-order valence-corrected chi connectivity index (χ0v) is 23.1. The van der Waals surface area contributed by atoms with Crippen molar-refractivity contribution in [1.29, 1.82) is 0 Å². The van der Waals surface area contributed by atoms with Crippen LogP contribution >= 0.6 is 11.3 Å². The Morgan fingerprint density at radius 3 is 2.49 bits per heavy atom. The molecule has 1 aliphatic heterocycles. The minimum absolute atomic E-state index is 0.00671. The van der Waals surface area contributed by atoms with Crippen LogP contribution in [0.2, 0.25) is 0 Å². The van der Waals surface area contributed by atoms with E-state index in [1.807, 2.05) is 30.9 Å². The molecule has 0 saturated heterocycles. The molecule has 0 saturated carbocycles. The van der Waals surface area contributed by atoms with Gasteiger partial charge in [0.15, 0.2) is 0 Å². The molecule has 7 heteroatoms. The summed E-state index contributed by atoms with van der Waals surface area (Å²) in [4.78, 5) is 31.9. The van der Waals surface area contributed by atoms with Crippen LogP contribution in [0.4, 0.5) is 0 Å². The van der Waals surface area contributed by atoms with Crippen molar-refractivity contribution < 1.29 is 19.1 Å². The van der Waals surface area contributed by atoms with E-state index in [1.54, 1.807) is 47.6 Å². The van der Waals surface area contributed by atoms with Crippen molar-refractivity contribution in [3.63, 3.8) is 0 Å². The molecule has 2 aromatic carbocycles. The van der Waals surface area contributed by atoms with Gasteiger partial charge in [-0.05, 0) is 79.1 Å². The highest BCUT2D eigenvalue weighted by Gasteiger charge is 2.34. The van der Waals surface area contributed by atoms with Gasteiger partial charge < -0.3 is 19.3 Å². The third-order valence-corrected chi connectivity index (χ3v) is 7.87. The quantitative estimate of drug-likeness (QED) is 0.351. The van der Waals surface area contributed by atoms with Gasteiger partial charge >= 0.3 is 0 Å². The number of hydrogen-bond donors (Lipinski definition) is 0. The van der Waals surface area contributed by atoms with Crippen LogP contribution in [0.5, 0.6) is 11.5 Å². The van der Waals surface area contributed by atoms with E-state index in [-0.39, 0.29) is 30.4 Å². The van der Waals surface area contributed by atoms with Crippen LogP contribution in [0.25, 0.3) is 0 Å². The molecule has 1 atom stereocenters. The minimum atomic E-state index is -0.201. The van der Waals surface area contributed by atoms with E-state index < -0.39 is 0 Å². The van der Waals surface area contributed by atoms with Crippen molar-refractivity contribution in [2.24, 2.45) is 0 Å². The van der Waals surface area contributed by atoms with Gasteiger partial charge in [-0.1, -0.05) is 32.0 Å². The van der Waals surface area contributed by atoms with E-state index in [1.165, 1.54) is 10.4 Å². The Bertz CT molecular complexity index is 1220. The first-order valence-corrected chi connectivity index (χ1v) is 13.7. The Kier molecular flexibility index (Phi) is 8.54. The summed E-state index contributed by atoms with van der Waals surface area (Å²) in [6, 6.07) is 17.0. The van der Waals surface area contributed by atoms with Gasteiger partial charge in [0.2, 0.25) is 5.91 Å². The third-order valence-electron chi connectivity index (χ3n) is 6.88. The molecule has 196 valence electrons. The smallest absolute Gasteiger partial charge is 0.254 e. The largest absolute Gasteiger partial charge is 0.497 e. The first-order chi connectivity index (χ1) is 17.8. The minimum Gasteiger partial charge on any atom is -0.497 e. The Hall–Kier alpha value is -3.32. The second-order valence-corrected chi connectivity index (χ2v) is 10.9. The van der Waals surface area contributed by atoms with E-state index in [9.17, 15) is 9.59 Å². The molecule has 0 N–H and O–H groups in total. The fraction of sp³-hybridized carbons (Fsp3) is 0.400. The standard InChI is InChI=1S/C30H36N2O4S/c1-20(2)22-9-11-24(12-10-22)36-19-27-26-14-16-37-28(26)13-15-31(27)29(33)18-32(21(3)4)30(34)23-7-6-8-25(17-23)35-5/h6-12,14,16-17,20-21,27H,13,15,18-19H2,1-5H3. The van der Waals surface area contributed by atoms with Crippen molar-refractivity contribution in [3.8, 4) is 11.5 Å². The molecule has 6 nitrogen and oxygen atoms in total. The highest BCUT2D eigenvalue weighted by molar-refractivity contribution is 7.10. The predicted molar refractivity (Wildman–Crippen MR) is 148 cm³/mol. The molecule has 1 unspecified atom stereocenters. The average molecular weight is 521 g/mol. The molecule has 3 aromatic rings. The number of methoxy groups -OCH3 is 1. The lowest BCUT2D eigenvalue weighted by molar-refractivity contribution is -0.136. The molecule has 0 aliphatic carbocycles. The van der Waals surface area contributed by atoms with Crippen LogP contribution < -0.4 is 9.47 Å². The fourth-order valence-corrected chi connectivity index (χ4v) is 5.57. The first-order valence-electron chi connectivity index (χ1n) is 12.8. The second kappa shape index (κ2) is 11.8. The van der Waals surface area contributed by atoms with Crippen molar-refractivity contribution in [2.45, 2.75) is 52.1 Å². The van der Waals surface area contributed by atoms with E-state index in [2.05, 4.69) is 37.4 Å². The van der Waals surface area contributed by atoms with Gasteiger partial charge in [-0.25, -0.2) is 0 Å². The van der Waals surface area contributed by atoms with Gasteiger partial charge in [0, 0.05) is 23.0 Å². The molecule has 0 bridgehead atoms. The molecular formula is C30H36N2O4S. The molecule has 0 fully saturated rings. The Balaban J connectivity index is 1.51. The predicted octanol–water partition coefficient (Wildman–Crippen LogP) is 5.94. The lowest BCUT2D eigenvalue weighted by atomic mass is 10.00. The maximum atomic E-state index is 13.7. The van der Waals surface area contributed by atoms with Crippen LogP contribution in [-0.2, 0) is 11.2 Å². The fourth-order valence-electron chi connectivity index (χ4n) is 4.65. The van der Waals surface area contributed by atoms with Gasteiger partial charge in [-0.15, -0.1) is 11.3 Å². The zero-order chi connectivity index (χ0) is 26.5. The number of rotatable bonds is 9. The Morgan fingerprint density at radius 2 is 1.81 bits per heavy atom. The number of nitrogens with zero attached hydrogens (tertiary/aromatic N) is 2. The molecule has 0 spiro atoms. The molecule has 1 aliphatic rings. The van der Waals surface area contributed by atoms with Crippen molar-refractivity contribution >= 4 is 23.2 Å². The van der Waals surface area contributed by atoms with Crippen LogP contribution in [-0.4, -0.2) is 54.5 Å². The van der Waals surface area contributed by atoms with Gasteiger partial charge in [0.25, 0.3) is 5.91 Å². The molecule has 0 radical (unpaired) electrons. The van der Waals surface area contributed by atoms with Crippen molar-refractivity contribution in [2.75, 3.05) is 26.8 Å². The number of carbonyl (C=O) groups is 2. The monoisotopic (exact) mass is 520 g/mol. The van der Waals surface area contributed by atoms with Crippen LogP contribution in [0.15, 0.2) is 60.0 Å². The van der Waals surface area contributed by atoms with Gasteiger partial charge in [-0.2, -0.15) is 0 Å². The van der Waals surface area contributed by atoms with E-state index in [4.69, 9.17) is 9.47 Å². The summed E-state index contributed by atoms with van der Waals surface area (Å²) in [5.74, 6) is 1.59. The third kappa shape index (κ3) is 6.16. The van der Waals surface area contributed by atoms with Crippen LogP contribution in [0, 0.1) is 0 Å². The SMILES string of the molecule is COc1cccc(C(=O)N(CC(=O)N2CCc3sccc3C2COc2ccc(C(C)C)cc2)C(C)C)c1. The van der Waals surface area contributed by atoms with Gasteiger partial charge in [0.1, 0.15) is 24.7 Å². The molecule has 37 heavy (non-hydrogen) atoms. The Labute approximate surface area is 223 Å². The number of carbonyl (C=O) groups excluding carboxylic acids is 2. The summed E-state index contributed by atoms with van der Waals surface area (Å²) < 4.78 is 11.5. The maximum Gasteiger partial charge on any atom is 0.254 e. The lowest BCUT2D eigenvalue weighted by Gasteiger charge is -2.37. The highest BCUT2D eigenvalue weighted by atomic mass is 32.1. The summed E-state index contributed by atoms with van der Waals surface area (Å²) in [7, 11) is 1.57. The number of amides is 2. The zero-order valence-electron chi connectivity index (χ0n) is 22.3. The van der Waals surface area contributed by atoms with E-state index >= 15 is 0 Å². The maximum absolute atomic E-state index is 13.7. The molecule has 2 amide bonds. The number of ether oxygens (including phenoxy) is 2. The number of hydrogen-bond acceptors (Lipinski definition) is 5. The molecule has 1 aromatic heterocycles. The summed E-state index contributed by atoms with van der Waals surface area (Å²) >= 11 is 1.72. The number of thiophene rings is 1. The second-order valence-electron chi connectivity index (χ2n) is 9.95. The molecule has 2 heterocycles. The topological polar surface area (TPSA) is 59.1 Å². The van der Waals surface area contributed by atoms with Crippen LogP contribution in [0.3, 0.4) is 0 Å². The van der Waals surface area contributed by atoms with Gasteiger partial charge in [0.05, 0.1) is 13.2 Å². The van der Waals surface area contributed by atoms with Crippen molar-refractivity contribution in [1.82, 2.24) is 9.80 Å². The highest BCUT2D eigenvalue weighted by Crippen LogP contribution is 2.34. The average Bonchev–Trinajstić information content (AvgIpc) is 3.39. The number of fused-ring (bicyclic) bond motifs is 1. The number of benzene rings is 2. The first kappa shape index (κ1) is 26.7. The lowest BCUT2D eigenvalue weighted by Crippen LogP contribution is -2.49.